The Bertz CT molecular complexity index is 1380. The first kappa shape index (κ1) is 24.7. The molecule has 0 aliphatic heterocycles. The number of halogens is 1. The van der Waals surface area contributed by atoms with Crippen LogP contribution in [0.3, 0.4) is 0 Å². The van der Waals surface area contributed by atoms with E-state index in [-0.39, 0.29) is 18.2 Å². The van der Waals surface area contributed by atoms with E-state index in [9.17, 15) is 8.42 Å². The highest BCUT2D eigenvalue weighted by atomic mass is 35.5. The highest BCUT2D eigenvalue weighted by molar-refractivity contribution is 7.91. The summed E-state index contributed by atoms with van der Waals surface area (Å²) in [6.45, 7) is 1.75. The molecular formula is C21H22ClN7O5S. The Morgan fingerprint density at radius 2 is 1.91 bits per heavy atom. The van der Waals surface area contributed by atoms with Crippen molar-refractivity contribution in [2.75, 3.05) is 14.2 Å². The van der Waals surface area contributed by atoms with E-state index in [2.05, 4.69) is 30.3 Å². The number of pyridine rings is 1. The van der Waals surface area contributed by atoms with Crippen molar-refractivity contribution < 1.29 is 22.4 Å². The molecule has 35 heavy (non-hydrogen) atoms. The predicted molar refractivity (Wildman–Crippen MR) is 124 cm³/mol. The third kappa shape index (κ3) is 5.47. The second kappa shape index (κ2) is 10.5. The smallest absolute Gasteiger partial charge is 0.213 e. The van der Waals surface area contributed by atoms with Crippen LogP contribution in [0.4, 0.5) is 0 Å². The molecule has 184 valence electrons. The summed E-state index contributed by atoms with van der Waals surface area (Å²) in [5.41, 5.74) is 1.17. The van der Waals surface area contributed by atoms with Crippen molar-refractivity contribution in [3.05, 3.63) is 65.3 Å². The largest absolute Gasteiger partial charge is 0.481 e. The van der Waals surface area contributed by atoms with E-state index < -0.39 is 26.9 Å². The number of hydrogen-bond acceptors (Lipinski definition) is 11. The molecule has 0 bridgehead atoms. The Morgan fingerprint density at radius 1 is 1.14 bits per heavy atom. The summed E-state index contributed by atoms with van der Waals surface area (Å²) in [7, 11) is -0.909. The fourth-order valence-corrected chi connectivity index (χ4v) is 4.96. The van der Waals surface area contributed by atoms with Crippen LogP contribution in [0, 0.1) is 0 Å². The third-order valence-electron chi connectivity index (χ3n) is 5.29. The number of nitrogens with zero attached hydrogens (tertiary/aromatic N) is 7. The topological polar surface area (TPSA) is 148 Å². The molecule has 0 aliphatic rings. The number of sulfone groups is 1. The van der Waals surface area contributed by atoms with E-state index in [4.69, 9.17) is 25.6 Å². The highest BCUT2D eigenvalue weighted by Gasteiger charge is 2.34. The zero-order chi connectivity index (χ0) is 25.0. The van der Waals surface area contributed by atoms with Crippen LogP contribution in [0.15, 0.2) is 47.6 Å². The molecule has 0 aliphatic carbocycles. The number of aromatic nitrogens is 7. The van der Waals surface area contributed by atoms with E-state index in [0.717, 1.165) is 0 Å². The molecule has 0 saturated heterocycles. The van der Waals surface area contributed by atoms with E-state index in [0.29, 0.717) is 28.0 Å². The van der Waals surface area contributed by atoms with Crippen LogP contribution < -0.4 is 4.74 Å². The van der Waals surface area contributed by atoms with Crippen LogP contribution in [0.2, 0.25) is 5.02 Å². The number of ether oxygens (including phenoxy) is 2. The second-order valence-corrected chi connectivity index (χ2v) is 10.3. The first-order chi connectivity index (χ1) is 16.8. The molecule has 4 aromatic rings. The van der Waals surface area contributed by atoms with E-state index in [1.165, 1.54) is 46.0 Å². The first-order valence-corrected chi connectivity index (χ1v) is 12.4. The van der Waals surface area contributed by atoms with Crippen LogP contribution in [0.1, 0.15) is 30.2 Å². The van der Waals surface area contributed by atoms with Gasteiger partial charge >= 0.3 is 0 Å². The lowest BCUT2D eigenvalue weighted by molar-refractivity contribution is 0.0948. The molecule has 12 nitrogen and oxygen atoms in total. The molecule has 0 aromatic carbocycles. The van der Waals surface area contributed by atoms with Crippen molar-refractivity contribution in [3.63, 3.8) is 0 Å². The molecule has 0 radical (unpaired) electrons. The quantitative estimate of drug-likeness (QED) is 0.304. The summed E-state index contributed by atoms with van der Waals surface area (Å²) in [5.74, 6) is 0.761. The van der Waals surface area contributed by atoms with Crippen molar-refractivity contribution in [1.82, 2.24) is 34.9 Å². The Morgan fingerprint density at radius 3 is 2.57 bits per heavy atom. The predicted octanol–water partition coefficient (Wildman–Crippen LogP) is 2.52. The number of hydrogen-bond donors (Lipinski definition) is 0. The van der Waals surface area contributed by atoms with E-state index >= 15 is 0 Å². The summed E-state index contributed by atoms with van der Waals surface area (Å²) in [5, 5.41) is 11.5. The van der Waals surface area contributed by atoms with Crippen LogP contribution in [0.25, 0.3) is 11.5 Å². The molecule has 0 unspecified atom stereocenters. The lowest BCUT2D eigenvalue weighted by Crippen LogP contribution is -2.30. The average Bonchev–Trinajstić information content (AvgIpc) is 3.51. The van der Waals surface area contributed by atoms with Gasteiger partial charge in [-0.05, 0) is 13.0 Å². The fraction of sp³-hybridized carbons (Fsp3) is 0.333. The second-order valence-electron chi connectivity index (χ2n) is 7.55. The number of rotatable bonds is 10. The van der Waals surface area contributed by atoms with Crippen molar-refractivity contribution in [1.29, 1.82) is 0 Å². The van der Waals surface area contributed by atoms with Gasteiger partial charge in [-0.2, -0.15) is 0 Å². The zero-order valence-corrected chi connectivity index (χ0v) is 20.6. The molecule has 14 heteroatoms. The minimum atomic E-state index is -3.81. The van der Waals surface area contributed by atoms with Crippen LogP contribution >= 0.6 is 11.6 Å². The maximum Gasteiger partial charge on any atom is 0.213 e. The molecule has 0 N–H and O–H groups in total. The third-order valence-corrected chi connectivity index (χ3v) is 7.52. The summed E-state index contributed by atoms with van der Waals surface area (Å²) in [6.07, 6.45) is 4.85. The van der Waals surface area contributed by atoms with Gasteiger partial charge in [0.1, 0.15) is 29.6 Å². The van der Waals surface area contributed by atoms with Gasteiger partial charge < -0.3 is 18.6 Å². The van der Waals surface area contributed by atoms with Gasteiger partial charge in [-0.25, -0.2) is 23.4 Å². The fourth-order valence-electron chi connectivity index (χ4n) is 3.41. The molecular weight excluding hydrogens is 498 g/mol. The summed E-state index contributed by atoms with van der Waals surface area (Å²) in [4.78, 5) is 12.6. The number of methoxy groups -OCH3 is 2. The normalized spacial score (nSPS) is 13.5. The molecule has 4 rings (SSSR count). The Labute approximate surface area is 206 Å². The first-order valence-electron chi connectivity index (χ1n) is 10.4. The average molecular weight is 520 g/mol. The van der Waals surface area contributed by atoms with Gasteiger partial charge in [0.05, 0.1) is 30.1 Å². The van der Waals surface area contributed by atoms with Gasteiger partial charge in [0.15, 0.2) is 21.5 Å². The van der Waals surface area contributed by atoms with Crippen molar-refractivity contribution in [2.45, 2.75) is 30.6 Å². The molecule has 0 saturated carbocycles. The summed E-state index contributed by atoms with van der Waals surface area (Å²) >= 11 is 5.86. The van der Waals surface area contributed by atoms with Gasteiger partial charge in [-0.3, -0.25) is 0 Å². The molecule has 4 heterocycles. The Hall–Kier alpha value is -3.42. The lowest BCUT2D eigenvalue weighted by atomic mass is 10.2. The van der Waals surface area contributed by atoms with Gasteiger partial charge in [-0.1, -0.05) is 22.8 Å². The lowest BCUT2D eigenvalue weighted by Gasteiger charge is -2.21. The van der Waals surface area contributed by atoms with Gasteiger partial charge in [0, 0.05) is 31.1 Å². The monoisotopic (exact) mass is 519 g/mol. The maximum absolute atomic E-state index is 13.4. The molecule has 0 spiro atoms. The van der Waals surface area contributed by atoms with Crippen molar-refractivity contribution >= 4 is 21.4 Å². The Balaban J connectivity index is 1.69. The maximum atomic E-state index is 13.4. The van der Waals surface area contributed by atoms with Crippen LogP contribution in [0.5, 0.6) is 5.88 Å². The highest BCUT2D eigenvalue weighted by Crippen LogP contribution is 2.27. The molecule has 0 amide bonds. The SMILES string of the molecule is COc1cccc(-c2nnc(CS(=O)(=O)[C@@H](C)[C@H](OC)c3ncc(Cl)cn3)n2Cc2cnoc2)n1. The molecule has 0 fully saturated rings. The van der Waals surface area contributed by atoms with Crippen LogP contribution in [-0.2, 0) is 26.9 Å². The van der Waals surface area contributed by atoms with E-state index in [1.54, 1.807) is 22.8 Å². The zero-order valence-electron chi connectivity index (χ0n) is 19.1. The van der Waals surface area contributed by atoms with Gasteiger partial charge in [0.25, 0.3) is 0 Å². The molecule has 2 atom stereocenters. The molecule has 4 aromatic heterocycles. The summed E-state index contributed by atoms with van der Waals surface area (Å²) < 4.78 is 44.1. The van der Waals surface area contributed by atoms with Gasteiger partial charge in [0.2, 0.25) is 5.88 Å². The standard InChI is InChI=1S/C21H22ClN7O5S/c1-13(19(33-3)20-23-8-15(22)9-24-20)35(30,31)12-17-27-28-21(16-5-4-6-18(26-16)32-2)29(17)10-14-7-25-34-11-14/h4-9,11,13,19H,10,12H2,1-3H3/t13-,19-/m0/s1. The van der Waals surface area contributed by atoms with E-state index in [1.807, 2.05) is 0 Å². The van der Waals surface area contributed by atoms with Crippen molar-refractivity contribution in [2.24, 2.45) is 0 Å². The minimum Gasteiger partial charge on any atom is -0.481 e. The Kier molecular flexibility index (Phi) is 7.38. The summed E-state index contributed by atoms with van der Waals surface area (Å²) in [6, 6.07) is 5.19. The van der Waals surface area contributed by atoms with Gasteiger partial charge in [-0.15, -0.1) is 10.2 Å². The van der Waals surface area contributed by atoms with Crippen LogP contribution in [-0.4, -0.2) is 62.8 Å². The van der Waals surface area contributed by atoms with Crippen molar-refractivity contribution in [3.8, 4) is 17.4 Å². The minimum absolute atomic E-state index is 0.209.